The number of benzene rings is 2. The summed E-state index contributed by atoms with van der Waals surface area (Å²) in [5.41, 5.74) is 1.93. The fourth-order valence-electron chi connectivity index (χ4n) is 2.48. The minimum absolute atomic E-state index is 0.0621. The summed E-state index contributed by atoms with van der Waals surface area (Å²) in [6.07, 6.45) is 1.40. The topological polar surface area (TPSA) is 94.8 Å². The molecule has 3 rings (SSSR count). The molecule has 29 heavy (non-hydrogen) atoms. The molecule has 148 valence electrons. The maximum Gasteiger partial charge on any atom is 0.338 e. The van der Waals surface area contributed by atoms with Gasteiger partial charge in [0.15, 0.2) is 5.76 Å². The van der Waals surface area contributed by atoms with E-state index in [0.29, 0.717) is 11.3 Å². The minimum Gasteiger partial charge on any atom is -0.459 e. The summed E-state index contributed by atoms with van der Waals surface area (Å²) < 4.78 is 15.3. The molecule has 0 fully saturated rings. The molecular weight excluding hydrogens is 374 g/mol. The van der Waals surface area contributed by atoms with Crippen LogP contribution in [-0.2, 0) is 9.47 Å². The predicted molar refractivity (Wildman–Crippen MR) is 105 cm³/mol. The Morgan fingerprint density at radius 2 is 1.55 bits per heavy atom. The largest absolute Gasteiger partial charge is 0.459 e. The Labute approximate surface area is 167 Å². The van der Waals surface area contributed by atoms with E-state index in [2.05, 4.69) is 5.32 Å². The van der Waals surface area contributed by atoms with E-state index in [1.165, 1.54) is 12.3 Å². The summed E-state index contributed by atoms with van der Waals surface area (Å²) >= 11 is 0. The molecule has 0 aliphatic carbocycles. The van der Waals surface area contributed by atoms with Crippen LogP contribution in [0, 0.1) is 6.92 Å². The highest BCUT2D eigenvalue weighted by Gasteiger charge is 2.14. The number of esters is 2. The van der Waals surface area contributed by atoms with Crippen molar-refractivity contribution in [3.05, 3.63) is 89.4 Å². The van der Waals surface area contributed by atoms with Crippen LogP contribution < -0.4 is 5.32 Å². The molecule has 0 saturated heterocycles. The summed E-state index contributed by atoms with van der Waals surface area (Å²) in [6.45, 7) is 1.66. The van der Waals surface area contributed by atoms with Crippen molar-refractivity contribution in [3.8, 4) is 0 Å². The summed E-state index contributed by atoms with van der Waals surface area (Å²) in [6, 6.07) is 16.5. The number of furan rings is 1. The molecule has 0 aliphatic rings. The molecule has 7 heteroatoms. The van der Waals surface area contributed by atoms with Crippen molar-refractivity contribution < 1.29 is 28.3 Å². The summed E-state index contributed by atoms with van der Waals surface area (Å²) in [5.74, 6) is -1.33. The molecule has 2 aromatic carbocycles. The Morgan fingerprint density at radius 3 is 2.21 bits per heavy atom. The zero-order valence-corrected chi connectivity index (χ0v) is 15.7. The van der Waals surface area contributed by atoms with Gasteiger partial charge < -0.3 is 19.2 Å². The molecule has 0 atom stereocenters. The molecule has 3 aromatic rings. The first-order valence-corrected chi connectivity index (χ1v) is 8.89. The van der Waals surface area contributed by atoms with Gasteiger partial charge in [-0.3, -0.25) is 4.79 Å². The molecule has 0 aliphatic heterocycles. The highest BCUT2D eigenvalue weighted by molar-refractivity contribution is 6.03. The maximum absolute atomic E-state index is 12.2. The normalized spacial score (nSPS) is 10.2. The van der Waals surface area contributed by atoms with E-state index < -0.39 is 17.8 Å². The number of ether oxygens (including phenoxy) is 2. The fraction of sp³-hybridized carbons (Fsp3) is 0.136. The molecular formula is C22H19NO6. The summed E-state index contributed by atoms with van der Waals surface area (Å²) in [5, 5.41) is 2.70. The third-order valence-electron chi connectivity index (χ3n) is 4.03. The van der Waals surface area contributed by atoms with Gasteiger partial charge in [-0.1, -0.05) is 24.3 Å². The molecule has 0 radical (unpaired) electrons. The van der Waals surface area contributed by atoms with Gasteiger partial charge in [-0.2, -0.15) is 0 Å². The summed E-state index contributed by atoms with van der Waals surface area (Å²) in [7, 11) is 0. The van der Waals surface area contributed by atoms with Gasteiger partial charge in [0.1, 0.15) is 13.2 Å². The molecule has 0 unspecified atom stereocenters. The Kier molecular flexibility index (Phi) is 6.42. The van der Waals surface area contributed by atoms with Crippen LogP contribution >= 0.6 is 0 Å². The smallest absolute Gasteiger partial charge is 0.338 e. The first-order chi connectivity index (χ1) is 14.0. The standard InChI is InChI=1S/C22H19NO6/c1-15-9-10-17(14-18(15)23-20(24)19-8-5-11-27-19)22(26)29-13-12-28-21(25)16-6-3-2-4-7-16/h2-11,14H,12-13H2,1H3,(H,23,24). The van der Waals surface area contributed by atoms with Crippen LogP contribution in [-0.4, -0.2) is 31.1 Å². The lowest BCUT2D eigenvalue weighted by Crippen LogP contribution is -2.15. The maximum atomic E-state index is 12.2. The van der Waals surface area contributed by atoms with Gasteiger partial charge in [0, 0.05) is 5.69 Å². The zero-order valence-electron chi connectivity index (χ0n) is 15.7. The summed E-state index contributed by atoms with van der Waals surface area (Å²) in [4.78, 5) is 36.2. The van der Waals surface area contributed by atoms with Gasteiger partial charge >= 0.3 is 11.9 Å². The average Bonchev–Trinajstić information content (AvgIpc) is 3.28. The number of rotatable bonds is 7. The number of nitrogens with one attached hydrogen (secondary N) is 1. The van der Waals surface area contributed by atoms with E-state index in [0.717, 1.165) is 5.56 Å². The molecule has 1 aromatic heterocycles. The van der Waals surface area contributed by atoms with Crippen LogP contribution in [0.1, 0.15) is 36.8 Å². The number of amides is 1. The molecule has 1 N–H and O–H groups in total. The second kappa shape index (κ2) is 9.36. The van der Waals surface area contributed by atoms with Crippen molar-refractivity contribution in [2.75, 3.05) is 18.5 Å². The van der Waals surface area contributed by atoms with Crippen LogP contribution in [0.3, 0.4) is 0 Å². The van der Waals surface area contributed by atoms with Gasteiger partial charge in [0.25, 0.3) is 5.91 Å². The van der Waals surface area contributed by atoms with Crippen molar-refractivity contribution in [3.63, 3.8) is 0 Å². The van der Waals surface area contributed by atoms with Crippen LogP contribution in [0.25, 0.3) is 0 Å². The number of hydrogen-bond donors (Lipinski definition) is 1. The van der Waals surface area contributed by atoms with Crippen molar-refractivity contribution in [2.24, 2.45) is 0 Å². The lowest BCUT2D eigenvalue weighted by Gasteiger charge is -2.10. The van der Waals surface area contributed by atoms with Crippen molar-refractivity contribution in [1.29, 1.82) is 0 Å². The van der Waals surface area contributed by atoms with Crippen molar-refractivity contribution in [2.45, 2.75) is 6.92 Å². The third kappa shape index (κ3) is 5.32. The Balaban J connectivity index is 1.53. The molecule has 1 heterocycles. The molecule has 0 spiro atoms. The monoisotopic (exact) mass is 393 g/mol. The lowest BCUT2D eigenvalue weighted by molar-refractivity contribution is 0.0265. The van der Waals surface area contributed by atoms with E-state index in [1.54, 1.807) is 61.5 Å². The fourth-order valence-corrected chi connectivity index (χ4v) is 2.48. The lowest BCUT2D eigenvalue weighted by atomic mass is 10.1. The molecule has 0 saturated carbocycles. The van der Waals surface area contributed by atoms with Crippen LogP contribution in [0.4, 0.5) is 5.69 Å². The Morgan fingerprint density at radius 1 is 0.862 bits per heavy atom. The van der Waals surface area contributed by atoms with E-state index in [-0.39, 0.29) is 24.5 Å². The zero-order chi connectivity index (χ0) is 20.6. The molecule has 1 amide bonds. The quantitative estimate of drug-likeness (QED) is 0.484. The van der Waals surface area contributed by atoms with Gasteiger partial charge in [0.2, 0.25) is 0 Å². The molecule has 0 bridgehead atoms. The number of hydrogen-bond acceptors (Lipinski definition) is 6. The third-order valence-corrected chi connectivity index (χ3v) is 4.03. The van der Waals surface area contributed by atoms with Gasteiger partial charge in [-0.15, -0.1) is 0 Å². The SMILES string of the molecule is Cc1ccc(C(=O)OCCOC(=O)c2ccccc2)cc1NC(=O)c1ccco1. The molecule has 7 nitrogen and oxygen atoms in total. The van der Waals surface area contributed by atoms with Crippen molar-refractivity contribution >= 4 is 23.5 Å². The number of carbonyl (C=O) groups excluding carboxylic acids is 3. The van der Waals surface area contributed by atoms with E-state index in [4.69, 9.17) is 13.9 Å². The highest BCUT2D eigenvalue weighted by atomic mass is 16.6. The van der Waals surface area contributed by atoms with Crippen LogP contribution in [0.15, 0.2) is 71.3 Å². The van der Waals surface area contributed by atoms with Gasteiger partial charge in [0.05, 0.1) is 17.4 Å². The average molecular weight is 393 g/mol. The number of aryl methyl sites for hydroxylation is 1. The van der Waals surface area contributed by atoms with E-state index >= 15 is 0 Å². The predicted octanol–water partition coefficient (Wildman–Crippen LogP) is 3.85. The Hall–Kier alpha value is -3.87. The minimum atomic E-state index is -0.589. The highest BCUT2D eigenvalue weighted by Crippen LogP contribution is 2.19. The second-order valence-corrected chi connectivity index (χ2v) is 6.10. The van der Waals surface area contributed by atoms with Crippen molar-refractivity contribution in [1.82, 2.24) is 0 Å². The van der Waals surface area contributed by atoms with E-state index in [9.17, 15) is 14.4 Å². The Bertz CT molecular complexity index is 995. The van der Waals surface area contributed by atoms with Gasteiger partial charge in [-0.05, 0) is 48.9 Å². The number of anilines is 1. The second-order valence-electron chi connectivity index (χ2n) is 6.10. The number of carbonyl (C=O) groups is 3. The van der Waals surface area contributed by atoms with Gasteiger partial charge in [-0.25, -0.2) is 9.59 Å². The van der Waals surface area contributed by atoms with Crippen LogP contribution in [0.5, 0.6) is 0 Å². The first kappa shape index (κ1) is 19.9. The van der Waals surface area contributed by atoms with Crippen LogP contribution in [0.2, 0.25) is 0 Å². The van der Waals surface area contributed by atoms with E-state index in [1.807, 2.05) is 0 Å². The first-order valence-electron chi connectivity index (χ1n) is 8.89.